The Morgan fingerprint density at radius 1 is 1.07 bits per heavy atom. The number of hydrogen-bond acceptors (Lipinski definition) is 5. The largest absolute Gasteiger partial charge is 0.450 e. The van der Waals surface area contributed by atoms with Crippen molar-refractivity contribution in [3.05, 3.63) is 0 Å². The average molecular weight is 383 g/mol. The molecule has 8 nitrogen and oxygen atoms in total. The highest BCUT2D eigenvalue weighted by atomic mass is 16.6. The highest BCUT2D eigenvalue weighted by molar-refractivity contribution is 5.78. The smallest absolute Gasteiger partial charge is 0.409 e. The number of nitrogens with two attached hydrogens (primary N) is 1. The van der Waals surface area contributed by atoms with Crippen LogP contribution in [0.5, 0.6) is 0 Å². The van der Waals surface area contributed by atoms with Crippen LogP contribution >= 0.6 is 0 Å². The van der Waals surface area contributed by atoms with E-state index in [1.165, 1.54) is 32.6 Å². The SMILES string of the molecule is CCOC(=O)N1CCC(NC(N)=NCCCCN2CCN(CC)CC2)CC1. The molecule has 0 aliphatic carbocycles. The Kier molecular flexibility index (Phi) is 9.69. The number of carbonyl (C=O) groups excluding carboxylic acids is 1. The molecule has 0 radical (unpaired) electrons. The monoisotopic (exact) mass is 382 g/mol. The molecule has 0 aromatic rings. The molecular formula is C19H38N6O2. The highest BCUT2D eigenvalue weighted by Crippen LogP contribution is 2.11. The molecule has 1 amide bonds. The number of amides is 1. The van der Waals surface area contributed by atoms with Gasteiger partial charge in [-0.05, 0) is 45.7 Å². The zero-order chi connectivity index (χ0) is 19.5. The van der Waals surface area contributed by atoms with Crippen LogP contribution in [0.2, 0.25) is 0 Å². The number of carbonyl (C=O) groups is 1. The standard InChI is InChI=1S/C19H38N6O2/c1-3-23-13-15-24(16-14-23)10-6-5-9-21-18(20)22-17-7-11-25(12-8-17)19(26)27-4-2/h17H,3-16H2,1-2H3,(H3,20,21,22). The van der Waals surface area contributed by atoms with Crippen molar-refractivity contribution in [2.24, 2.45) is 10.7 Å². The molecule has 3 N–H and O–H groups in total. The lowest BCUT2D eigenvalue weighted by atomic mass is 10.1. The first-order valence-electron chi connectivity index (χ1n) is 10.5. The molecule has 2 fully saturated rings. The number of nitrogens with one attached hydrogen (secondary N) is 1. The second-order valence-corrected chi connectivity index (χ2v) is 7.35. The van der Waals surface area contributed by atoms with Gasteiger partial charge < -0.3 is 30.5 Å². The quantitative estimate of drug-likeness (QED) is 0.369. The summed E-state index contributed by atoms with van der Waals surface area (Å²) in [7, 11) is 0. The van der Waals surface area contributed by atoms with Gasteiger partial charge in [-0.25, -0.2) is 4.79 Å². The number of ether oxygens (including phenoxy) is 1. The van der Waals surface area contributed by atoms with E-state index in [9.17, 15) is 4.79 Å². The minimum absolute atomic E-state index is 0.214. The van der Waals surface area contributed by atoms with Crippen molar-refractivity contribution in [2.75, 3.05) is 65.5 Å². The van der Waals surface area contributed by atoms with E-state index in [0.717, 1.165) is 38.9 Å². The van der Waals surface area contributed by atoms with Gasteiger partial charge >= 0.3 is 6.09 Å². The predicted molar refractivity (Wildman–Crippen MR) is 109 cm³/mol. The fourth-order valence-corrected chi connectivity index (χ4v) is 3.65. The van der Waals surface area contributed by atoms with Crippen LogP contribution in [0.4, 0.5) is 4.79 Å². The molecule has 0 unspecified atom stereocenters. The predicted octanol–water partition coefficient (Wildman–Crippen LogP) is 0.929. The minimum Gasteiger partial charge on any atom is -0.450 e. The van der Waals surface area contributed by atoms with Crippen molar-refractivity contribution >= 4 is 12.1 Å². The van der Waals surface area contributed by atoms with Gasteiger partial charge in [0.2, 0.25) is 0 Å². The lowest BCUT2D eigenvalue weighted by Crippen LogP contribution is -2.48. The van der Waals surface area contributed by atoms with Crippen molar-refractivity contribution in [3.63, 3.8) is 0 Å². The first-order chi connectivity index (χ1) is 13.1. The number of rotatable bonds is 8. The lowest BCUT2D eigenvalue weighted by Gasteiger charge is -2.33. The van der Waals surface area contributed by atoms with E-state index in [1.807, 2.05) is 6.92 Å². The zero-order valence-corrected chi connectivity index (χ0v) is 17.2. The maximum atomic E-state index is 11.7. The summed E-state index contributed by atoms with van der Waals surface area (Å²) in [6.07, 6.45) is 3.77. The van der Waals surface area contributed by atoms with Gasteiger partial charge in [-0.15, -0.1) is 0 Å². The summed E-state index contributed by atoms with van der Waals surface area (Å²) >= 11 is 0. The minimum atomic E-state index is -0.214. The summed E-state index contributed by atoms with van der Waals surface area (Å²) < 4.78 is 5.04. The Bertz CT molecular complexity index is 457. The lowest BCUT2D eigenvalue weighted by molar-refractivity contribution is 0.0963. The van der Waals surface area contributed by atoms with E-state index in [2.05, 4.69) is 27.0 Å². The van der Waals surface area contributed by atoms with Gasteiger partial charge in [0.1, 0.15) is 0 Å². The molecule has 2 aliphatic heterocycles. The molecule has 2 saturated heterocycles. The molecule has 0 aromatic carbocycles. The molecule has 2 rings (SSSR count). The van der Waals surface area contributed by atoms with Crippen LogP contribution in [0.15, 0.2) is 4.99 Å². The zero-order valence-electron chi connectivity index (χ0n) is 17.2. The van der Waals surface area contributed by atoms with E-state index in [4.69, 9.17) is 10.5 Å². The van der Waals surface area contributed by atoms with Crippen molar-refractivity contribution in [1.29, 1.82) is 0 Å². The third kappa shape index (κ3) is 7.92. The number of aliphatic imine (C=N–C) groups is 1. The summed E-state index contributed by atoms with van der Waals surface area (Å²) in [6, 6.07) is 0.286. The van der Waals surface area contributed by atoms with Crippen LogP contribution in [-0.4, -0.2) is 98.3 Å². The summed E-state index contributed by atoms with van der Waals surface area (Å²) in [5, 5.41) is 3.29. The third-order valence-corrected chi connectivity index (χ3v) is 5.45. The van der Waals surface area contributed by atoms with Gasteiger partial charge in [0.25, 0.3) is 0 Å². The van der Waals surface area contributed by atoms with Crippen molar-refractivity contribution in [2.45, 2.75) is 45.6 Å². The summed E-state index contributed by atoms with van der Waals surface area (Å²) in [6.45, 7) is 13.7. The van der Waals surface area contributed by atoms with Crippen molar-refractivity contribution < 1.29 is 9.53 Å². The topological polar surface area (TPSA) is 86.4 Å². The number of nitrogens with zero attached hydrogens (tertiary/aromatic N) is 4. The van der Waals surface area contributed by atoms with E-state index in [0.29, 0.717) is 25.7 Å². The molecule has 0 aromatic heterocycles. The van der Waals surface area contributed by atoms with Gasteiger partial charge in [0.05, 0.1) is 6.61 Å². The molecule has 8 heteroatoms. The molecule has 27 heavy (non-hydrogen) atoms. The van der Waals surface area contributed by atoms with Crippen LogP contribution in [-0.2, 0) is 4.74 Å². The van der Waals surface area contributed by atoms with Crippen LogP contribution in [0.25, 0.3) is 0 Å². The second-order valence-electron chi connectivity index (χ2n) is 7.35. The Hall–Kier alpha value is -1.54. The number of likely N-dealkylation sites (tertiary alicyclic amines) is 1. The first kappa shape index (κ1) is 21.8. The third-order valence-electron chi connectivity index (χ3n) is 5.45. The molecular weight excluding hydrogens is 344 g/mol. The average Bonchev–Trinajstić information content (AvgIpc) is 2.69. The number of piperidine rings is 1. The van der Waals surface area contributed by atoms with Gasteiger partial charge in [0.15, 0.2) is 5.96 Å². The van der Waals surface area contributed by atoms with Gasteiger partial charge in [-0.2, -0.15) is 0 Å². The summed E-state index contributed by atoms with van der Waals surface area (Å²) in [5.74, 6) is 0.529. The fraction of sp³-hybridized carbons (Fsp3) is 0.895. The fourth-order valence-electron chi connectivity index (χ4n) is 3.65. The Balaban J connectivity index is 1.53. The van der Waals surface area contributed by atoms with Gasteiger partial charge in [-0.1, -0.05) is 6.92 Å². The molecule has 0 bridgehead atoms. The molecule has 2 aliphatic rings. The first-order valence-corrected chi connectivity index (χ1v) is 10.5. The number of hydrogen-bond donors (Lipinski definition) is 2. The Morgan fingerprint density at radius 2 is 1.74 bits per heavy atom. The molecule has 0 spiro atoms. The van der Waals surface area contributed by atoms with Crippen molar-refractivity contribution in [1.82, 2.24) is 20.0 Å². The number of unbranched alkanes of at least 4 members (excludes halogenated alkanes) is 1. The maximum Gasteiger partial charge on any atom is 0.409 e. The Labute approximate surface area is 164 Å². The van der Waals surface area contributed by atoms with Crippen LogP contribution in [0.3, 0.4) is 0 Å². The normalized spacial score (nSPS) is 20.7. The number of guanidine groups is 1. The molecule has 156 valence electrons. The summed E-state index contributed by atoms with van der Waals surface area (Å²) in [4.78, 5) is 23.0. The molecule has 2 heterocycles. The number of likely N-dealkylation sites (N-methyl/N-ethyl adjacent to an activating group) is 1. The van der Waals surface area contributed by atoms with E-state index in [-0.39, 0.29) is 12.1 Å². The van der Waals surface area contributed by atoms with Crippen molar-refractivity contribution in [3.8, 4) is 0 Å². The number of piperazine rings is 1. The summed E-state index contributed by atoms with van der Waals surface area (Å²) in [5.41, 5.74) is 6.02. The van der Waals surface area contributed by atoms with E-state index >= 15 is 0 Å². The van der Waals surface area contributed by atoms with Crippen LogP contribution < -0.4 is 11.1 Å². The van der Waals surface area contributed by atoms with E-state index < -0.39 is 0 Å². The second kappa shape index (κ2) is 12.0. The Morgan fingerprint density at radius 3 is 2.37 bits per heavy atom. The van der Waals surface area contributed by atoms with Crippen LogP contribution in [0, 0.1) is 0 Å². The molecule has 0 saturated carbocycles. The highest BCUT2D eigenvalue weighted by Gasteiger charge is 2.23. The molecule has 0 atom stereocenters. The van der Waals surface area contributed by atoms with E-state index in [1.54, 1.807) is 4.90 Å². The maximum absolute atomic E-state index is 11.7. The van der Waals surface area contributed by atoms with Gasteiger partial charge in [0, 0.05) is 51.9 Å². The van der Waals surface area contributed by atoms with Crippen LogP contribution in [0.1, 0.15) is 39.5 Å². The van der Waals surface area contributed by atoms with Gasteiger partial charge in [-0.3, -0.25) is 4.99 Å².